The van der Waals surface area contributed by atoms with Crippen molar-refractivity contribution in [2.45, 2.75) is 31.8 Å². The predicted octanol–water partition coefficient (Wildman–Crippen LogP) is 2.25. The third-order valence-corrected chi connectivity index (χ3v) is 3.42. The fraction of sp³-hybridized carbons (Fsp3) is 0.538. The Kier molecular flexibility index (Phi) is 4.80. The molecule has 1 aromatic carbocycles. The number of hydrogen-bond donors (Lipinski definition) is 3. The van der Waals surface area contributed by atoms with Crippen molar-refractivity contribution in [3.05, 3.63) is 34.9 Å². The van der Waals surface area contributed by atoms with Crippen molar-refractivity contribution in [1.82, 2.24) is 16.2 Å². The Morgan fingerprint density at radius 3 is 2.94 bits per heavy atom. The van der Waals surface area contributed by atoms with Gasteiger partial charge in [-0.1, -0.05) is 36.7 Å². The molecule has 1 fully saturated rings. The standard InChI is InChI=1S/C13H20ClN3/c1-2-7-15-9-10-8-13(17-16-10)11-5-3-4-6-12(11)14/h3-6,10,13,15-17H,2,7-9H2,1H3. The first-order valence-corrected chi connectivity index (χ1v) is 6.65. The van der Waals surface area contributed by atoms with E-state index in [0.29, 0.717) is 12.1 Å². The normalized spacial score (nSPS) is 24.1. The summed E-state index contributed by atoms with van der Waals surface area (Å²) in [4.78, 5) is 0. The van der Waals surface area contributed by atoms with Gasteiger partial charge in [-0.3, -0.25) is 5.43 Å². The molecular weight excluding hydrogens is 234 g/mol. The highest BCUT2D eigenvalue weighted by molar-refractivity contribution is 6.31. The van der Waals surface area contributed by atoms with Crippen LogP contribution in [0.5, 0.6) is 0 Å². The summed E-state index contributed by atoms with van der Waals surface area (Å²) in [5.74, 6) is 0. The fourth-order valence-corrected chi connectivity index (χ4v) is 2.44. The van der Waals surface area contributed by atoms with E-state index in [0.717, 1.165) is 24.5 Å². The van der Waals surface area contributed by atoms with E-state index in [9.17, 15) is 0 Å². The summed E-state index contributed by atoms with van der Waals surface area (Å²) in [7, 11) is 0. The van der Waals surface area contributed by atoms with Crippen LogP contribution in [-0.2, 0) is 0 Å². The van der Waals surface area contributed by atoms with E-state index in [2.05, 4.69) is 29.2 Å². The number of nitrogens with one attached hydrogen (secondary N) is 3. The van der Waals surface area contributed by atoms with Crippen molar-refractivity contribution in [2.24, 2.45) is 0 Å². The first kappa shape index (κ1) is 12.8. The molecule has 4 heteroatoms. The lowest BCUT2D eigenvalue weighted by atomic mass is 10.0. The number of benzene rings is 1. The average molecular weight is 254 g/mol. The van der Waals surface area contributed by atoms with Crippen molar-refractivity contribution in [3.8, 4) is 0 Å². The molecule has 0 saturated carbocycles. The Bertz CT molecular complexity index is 356. The first-order chi connectivity index (χ1) is 8.31. The van der Waals surface area contributed by atoms with E-state index in [1.165, 1.54) is 12.0 Å². The number of hydrazine groups is 1. The highest BCUT2D eigenvalue weighted by atomic mass is 35.5. The molecule has 1 aliphatic rings. The molecule has 0 aromatic heterocycles. The van der Waals surface area contributed by atoms with Gasteiger partial charge in [0.05, 0.1) is 0 Å². The Morgan fingerprint density at radius 2 is 2.18 bits per heavy atom. The van der Waals surface area contributed by atoms with Crippen LogP contribution < -0.4 is 16.2 Å². The molecule has 0 bridgehead atoms. The van der Waals surface area contributed by atoms with Gasteiger partial charge in [-0.2, -0.15) is 0 Å². The molecule has 1 aromatic rings. The van der Waals surface area contributed by atoms with Crippen LogP contribution >= 0.6 is 11.6 Å². The minimum atomic E-state index is 0.317. The summed E-state index contributed by atoms with van der Waals surface area (Å²) >= 11 is 6.20. The zero-order chi connectivity index (χ0) is 12.1. The molecule has 1 saturated heterocycles. The van der Waals surface area contributed by atoms with Gasteiger partial charge < -0.3 is 5.32 Å². The van der Waals surface area contributed by atoms with Crippen molar-refractivity contribution in [1.29, 1.82) is 0 Å². The molecule has 1 aliphatic heterocycles. The number of rotatable bonds is 5. The molecule has 3 nitrogen and oxygen atoms in total. The predicted molar refractivity (Wildman–Crippen MR) is 72.0 cm³/mol. The summed E-state index contributed by atoms with van der Waals surface area (Å²) in [5.41, 5.74) is 7.82. The van der Waals surface area contributed by atoms with Gasteiger partial charge in [0.1, 0.15) is 0 Å². The SMILES string of the molecule is CCCNCC1CC(c2ccccc2Cl)NN1. The minimum absolute atomic E-state index is 0.317. The molecule has 0 aliphatic carbocycles. The van der Waals surface area contributed by atoms with Crippen molar-refractivity contribution < 1.29 is 0 Å². The second-order valence-electron chi connectivity index (χ2n) is 4.50. The summed E-state index contributed by atoms with van der Waals surface area (Å²) < 4.78 is 0. The average Bonchev–Trinajstić information content (AvgIpc) is 2.79. The van der Waals surface area contributed by atoms with Gasteiger partial charge in [-0.25, -0.2) is 5.43 Å². The molecule has 17 heavy (non-hydrogen) atoms. The summed E-state index contributed by atoms with van der Waals surface area (Å²) in [6, 6.07) is 8.82. The van der Waals surface area contributed by atoms with E-state index < -0.39 is 0 Å². The van der Waals surface area contributed by atoms with Crippen LogP contribution in [-0.4, -0.2) is 19.1 Å². The maximum absolute atomic E-state index is 6.20. The second kappa shape index (κ2) is 6.36. The number of halogens is 1. The maximum Gasteiger partial charge on any atom is 0.0493 e. The lowest BCUT2D eigenvalue weighted by Crippen LogP contribution is -2.38. The van der Waals surface area contributed by atoms with Gasteiger partial charge in [-0.05, 0) is 31.0 Å². The largest absolute Gasteiger partial charge is 0.315 e. The van der Waals surface area contributed by atoms with E-state index in [4.69, 9.17) is 11.6 Å². The van der Waals surface area contributed by atoms with Crippen LogP contribution in [0.25, 0.3) is 0 Å². The van der Waals surface area contributed by atoms with Crippen molar-refractivity contribution in [2.75, 3.05) is 13.1 Å². The smallest absolute Gasteiger partial charge is 0.0493 e. The zero-order valence-electron chi connectivity index (χ0n) is 10.2. The van der Waals surface area contributed by atoms with Crippen LogP contribution in [0.15, 0.2) is 24.3 Å². The Labute approximate surface area is 108 Å². The molecule has 3 N–H and O–H groups in total. The lowest BCUT2D eigenvalue weighted by Gasteiger charge is -2.11. The van der Waals surface area contributed by atoms with Gasteiger partial charge in [0.25, 0.3) is 0 Å². The Morgan fingerprint density at radius 1 is 1.35 bits per heavy atom. The van der Waals surface area contributed by atoms with Crippen molar-refractivity contribution >= 4 is 11.6 Å². The van der Waals surface area contributed by atoms with Crippen molar-refractivity contribution in [3.63, 3.8) is 0 Å². The molecular formula is C13H20ClN3. The fourth-order valence-electron chi connectivity index (χ4n) is 2.17. The topological polar surface area (TPSA) is 36.1 Å². The number of hydrogen-bond acceptors (Lipinski definition) is 3. The first-order valence-electron chi connectivity index (χ1n) is 6.27. The summed E-state index contributed by atoms with van der Waals surface area (Å²) in [5, 5.41) is 4.27. The third-order valence-electron chi connectivity index (χ3n) is 3.08. The van der Waals surface area contributed by atoms with Gasteiger partial charge in [0.15, 0.2) is 0 Å². The van der Waals surface area contributed by atoms with E-state index >= 15 is 0 Å². The van der Waals surface area contributed by atoms with Crippen LogP contribution in [0.3, 0.4) is 0 Å². The molecule has 94 valence electrons. The van der Waals surface area contributed by atoms with Crippen LogP contribution in [0.1, 0.15) is 31.4 Å². The van der Waals surface area contributed by atoms with Crippen LogP contribution in [0.4, 0.5) is 0 Å². The Balaban J connectivity index is 1.87. The van der Waals surface area contributed by atoms with Crippen LogP contribution in [0.2, 0.25) is 5.02 Å². The molecule has 0 radical (unpaired) electrons. The second-order valence-corrected chi connectivity index (χ2v) is 4.91. The molecule has 0 spiro atoms. The highest BCUT2D eigenvalue weighted by Gasteiger charge is 2.25. The molecule has 2 rings (SSSR count). The highest BCUT2D eigenvalue weighted by Crippen LogP contribution is 2.27. The van der Waals surface area contributed by atoms with E-state index in [1.807, 2.05) is 18.2 Å². The lowest BCUT2D eigenvalue weighted by molar-refractivity contribution is 0.505. The van der Waals surface area contributed by atoms with Gasteiger partial charge in [0, 0.05) is 23.7 Å². The summed E-state index contributed by atoms with van der Waals surface area (Å²) in [6.07, 6.45) is 2.24. The summed E-state index contributed by atoms with van der Waals surface area (Å²) in [6.45, 7) is 4.26. The minimum Gasteiger partial charge on any atom is -0.315 e. The quantitative estimate of drug-likeness (QED) is 0.705. The van der Waals surface area contributed by atoms with Crippen LogP contribution in [0, 0.1) is 0 Å². The third kappa shape index (κ3) is 3.42. The van der Waals surface area contributed by atoms with Gasteiger partial charge >= 0.3 is 0 Å². The molecule has 2 unspecified atom stereocenters. The molecule has 0 amide bonds. The van der Waals surface area contributed by atoms with E-state index in [-0.39, 0.29) is 0 Å². The monoisotopic (exact) mass is 253 g/mol. The molecule has 1 heterocycles. The van der Waals surface area contributed by atoms with Gasteiger partial charge in [-0.15, -0.1) is 0 Å². The van der Waals surface area contributed by atoms with Gasteiger partial charge in [0.2, 0.25) is 0 Å². The van der Waals surface area contributed by atoms with E-state index in [1.54, 1.807) is 0 Å². The Hall–Kier alpha value is -0.610. The zero-order valence-corrected chi connectivity index (χ0v) is 10.9. The molecule has 2 atom stereocenters. The maximum atomic E-state index is 6.20.